The molecule has 69 heavy (non-hydrogen) atoms. The molecule has 0 aliphatic heterocycles. The fourth-order valence-corrected chi connectivity index (χ4v) is 6.71. The summed E-state index contributed by atoms with van der Waals surface area (Å²) >= 11 is 3.35. The van der Waals surface area contributed by atoms with Gasteiger partial charge in [-0.3, -0.25) is 29.6 Å². The molecule has 0 unspecified atom stereocenters. The van der Waals surface area contributed by atoms with Gasteiger partial charge in [0.25, 0.3) is 0 Å². The molecule has 0 aliphatic carbocycles. The van der Waals surface area contributed by atoms with Gasteiger partial charge in [0.2, 0.25) is 34.8 Å². The monoisotopic (exact) mass is 979 g/mol. The van der Waals surface area contributed by atoms with Gasteiger partial charge in [0, 0.05) is 96.6 Å². The van der Waals surface area contributed by atoms with Crippen molar-refractivity contribution in [2.75, 3.05) is 0 Å². The van der Waals surface area contributed by atoms with E-state index >= 15 is 0 Å². The van der Waals surface area contributed by atoms with Gasteiger partial charge in [-0.05, 0) is 70.5 Å². The van der Waals surface area contributed by atoms with Gasteiger partial charge in [0.05, 0.1) is 52.9 Å². The molecule has 0 aromatic carbocycles. The van der Waals surface area contributed by atoms with Crippen LogP contribution in [0.4, 0.5) is 0 Å². The predicted octanol–water partition coefficient (Wildman–Crippen LogP) is 9.67. The Balaban J connectivity index is 0.000000125. The zero-order valence-corrected chi connectivity index (χ0v) is 37.7. The lowest BCUT2D eigenvalue weighted by Crippen LogP contribution is -1.98. The fourth-order valence-electron chi connectivity index (χ4n) is 6.48. The summed E-state index contributed by atoms with van der Waals surface area (Å²) in [6, 6.07) is 23.9. The minimum Gasteiger partial charge on any atom is -0.506 e. The third-order valence-corrected chi connectivity index (χ3v) is 10.3. The Morgan fingerprint density at radius 2 is 1.00 bits per heavy atom. The molecule has 12 aromatic heterocycles. The van der Waals surface area contributed by atoms with Crippen molar-refractivity contribution in [2.45, 2.75) is 13.2 Å². The molecule has 12 heterocycles. The van der Waals surface area contributed by atoms with Crippen molar-refractivity contribution in [3.63, 3.8) is 0 Å². The van der Waals surface area contributed by atoms with Gasteiger partial charge in [-0.2, -0.15) is 5.10 Å². The summed E-state index contributed by atoms with van der Waals surface area (Å²) in [5.41, 5.74) is 9.16. The average molecular weight is 981 g/mol. The number of aromatic nitrogens is 13. The average Bonchev–Trinajstić information content (AvgIpc) is 4.23. The molecule has 12 rings (SSSR count). The number of nitrogens with zero attached hydrogens (tertiary/aromatic N) is 13. The van der Waals surface area contributed by atoms with Crippen LogP contribution >= 0.6 is 15.9 Å². The second kappa shape index (κ2) is 20.1. The summed E-state index contributed by atoms with van der Waals surface area (Å²) in [5, 5.41) is 13.4. The van der Waals surface area contributed by atoms with Crippen molar-refractivity contribution >= 4 is 49.6 Å². The molecule has 0 saturated heterocycles. The largest absolute Gasteiger partial charge is 0.506 e. The number of oxazole rings is 3. The van der Waals surface area contributed by atoms with Crippen LogP contribution in [0.25, 0.3) is 79.2 Å². The second-order valence-electron chi connectivity index (χ2n) is 14.8. The zero-order valence-electron chi connectivity index (χ0n) is 36.1. The SMILES string of the molecule is Brc1ccc(COc2cnc3oc(-c4cccnc4)nc3c2)nc1.Cn1cc(-c2ccc(COc3cnc4oc(-c5cccnc5)nc4c3)nc2)cn1.Oc1cnc2oc(-c3cccnc3)nc2c1. The topological polar surface area (TPSA) is 238 Å². The van der Waals surface area contributed by atoms with Gasteiger partial charge in [0.1, 0.15) is 47.0 Å². The van der Waals surface area contributed by atoms with Gasteiger partial charge in [-0.25, -0.2) is 29.9 Å². The van der Waals surface area contributed by atoms with Gasteiger partial charge in [-0.1, -0.05) is 6.07 Å². The number of ether oxygens (including phenoxy) is 2. The molecule has 0 amide bonds. The van der Waals surface area contributed by atoms with Crippen LogP contribution in [-0.4, -0.2) is 69.7 Å². The van der Waals surface area contributed by atoms with E-state index in [1.54, 1.807) is 78.7 Å². The zero-order chi connectivity index (χ0) is 46.9. The quantitative estimate of drug-likeness (QED) is 0.134. The highest BCUT2D eigenvalue weighted by molar-refractivity contribution is 9.10. The van der Waals surface area contributed by atoms with E-state index in [2.05, 4.69) is 75.9 Å². The Morgan fingerprint density at radius 3 is 1.43 bits per heavy atom. The Labute approximate surface area is 398 Å². The first kappa shape index (κ1) is 43.6. The van der Waals surface area contributed by atoms with Gasteiger partial charge < -0.3 is 27.8 Å². The van der Waals surface area contributed by atoms with Crippen LogP contribution < -0.4 is 9.47 Å². The smallest absolute Gasteiger partial charge is 0.247 e. The van der Waals surface area contributed by atoms with E-state index in [0.717, 1.165) is 43.7 Å². The van der Waals surface area contributed by atoms with E-state index in [0.29, 0.717) is 76.1 Å². The Morgan fingerprint density at radius 1 is 0.507 bits per heavy atom. The fraction of sp³-hybridized carbons (Fsp3) is 0.0612. The van der Waals surface area contributed by atoms with E-state index in [1.807, 2.05) is 80.2 Å². The van der Waals surface area contributed by atoms with Crippen molar-refractivity contribution in [3.05, 3.63) is 175 Å². The highest BCUT2D eigenvalue weighted by atomic mass is 79.9. The van der Waals surface area contributed by atoms with Crippen LogP contribution in [0.3, 0.4) is 0 Å². The van der Waals surface area contributed by atoms with Crippen LogP contribution in [0.5, 0.6) is 17.2 Å². The molecule has 0 aliphatic rings. The molecule has 0 spiro atoms. The highest BCUT2D eigenvalue weighted by Gasteiger charge is 2.13. The first-order valence-electron chi connectivity index (χ1n) is 20.8. The van der Waals surface area contributed by atoms with Gasteiger partial charge in [-0.15, -0.1) is 0 Å². The maximum absolute atomic E-state index is 9.25. The van der Waals surface area contributed by atoms with Crippen molar-refractivity contribution in [2.24, 2.45) is 7.05 Å². The summed E-state index contributed by atoms with van der Waals surface area (Å²) in [6.07, 6.45) is 22.0. The molecular weight excluding hydrogens is 947 g/mol. The van der Waals surface area contributed by atoms with Gasteiger partial charge in [0.15, 0.2) is 0 Å². The molecule has 12 aromatic rings. The number of halogens is 1. The van der Waals surface area contributed by atoms with Crippen LogP contribution in [0.1, 0.15) is 11.4 Å². The lowest BCUT2D eigenvalue weighted by Gasteiger charge is -2.05. The van der Waals surface area contributed by atoms with Crippen LogP contribution in [0, 0.1) is 0 Å². The number of aromatic hydroxyl groups is 1. The molecule has 1 N–H and O–H groups in total. The third-order valence-electron chi connectivity index (χ3n) is 9.83. The van der Waals surface area contributed by atoms with E-state index in [4.69, 9.17) is 22.7 Å². The number of pyridine rings is 8. The normalized spacial score (nSPS) is 10.9. The molecule has 0 bridgehead atoms. The first-order chi connectivity index (χ1) is 33.8. The Kier molecular flexibility index (Phi) is 12.7. The van der Waals surface area contributed by atoms with E-state index < -0.39 is 0 Å². The Bertz CT molecular complexity index is 3610. The molecule has 338 valence electrons. The summed E-state index contributed by atoms with van der Waals surface area (Å²) < 4.78 is 31.0. The maximum atomic E-state index is 9.25. The number of fused-ring (bicyclic) bond motifs is 3. The van der Waals surface area contributed by atoms with Gasteiger partial charge >= 0.3 is 0 Å². The first-order valence-corrected chi connectivity index (χ1v) is 21.6. The number of rotatable bonds is 10. The number of hydrogen-bond acceptors (Lipinski definition) is 18. The number of aryl methyl sites for hydroxylation is 1. The predicted molar refractivity (Wildman–Crippen MR) is 254 cm³/mol. The molecular formula is C49H34BrN13O6. The third kappa shape index (κ3) is 10.7. The van der Waals surface area contributed by atoms with Crippen LogP contribution in [0.15, 0.2) is 177 Å². The van der Waals surface area contributed by atoms with Crippen molar-refractivity contribution in [3.8, 4) is 62.7 Å². The van der Waals surface area contributed by atoms with Crippen LogP contribution in [0.2, 0.25) is 0 Å². The van der Waals surface area contributed by atoms with E-state index in [1.165, 1.54) is 12.3 Å². The lowest BCUT2D eigenvalue weighted by molar-refractivity contribution is 0.300. The van der Waals surface area contributed by atoms with Crippen LogP contribution in [-0.2, 0) is 20.3 Å². The number of hydrogen-bond donors (Lipinski definition) is 1. The molecule has 0 saturated carbocycles. The molecule has 0 fully saturated rings. The second-order valence-corrected chi connectivity index (χ2v) is 15.7. The summed E-state index contributed by atoms with van der Waals surface area (Å²) in [5.74, 6) is 2.68. The lowest BCUT2D eigenvalue weighted by atomic mass is 10.1. The minimum absolute atomic E-state index is 0.0681. The van der Waals surface area contributed by atoms with Crippen molar-refractivity contribution < 1.29 is 27.8 Å². The standard InChI is InChI=1S/C21H16N6O2.C17H11BrN4O2.C11H7N3O2/c1-27-12-16(10-25-27)14-4-5-17(23-9-14)13-28-18-7-19-21(24-11-18)29-20(26-19)15-3-2-6-22-8-15;18-12-3-4-13(20-8-12)10-23-14-6-15-17(21-9-14)24-16(22-15)11-2-1-5-19-7-11;15-8-4-9-11(13-6-8)16-10(14-9)7-2-1-3-12-5-7/h2-12H,13H2,1H3;1-9H,10H2;1-6,15H. The van der Waals surface area contributed by atoms with Crippen molar-refractivity contribution in [1.29, 1.82) is 0 Å². The highest BCUT2D eigenvalue weighted by Crippen LogP contribution is 2.28. The summed E-state index contributed by atoms with van der Waals surface area (Å²) in [6.45, 7) is 0.682. The molecule has 0 radical (unpaired) electrons. The summed E-state index contributed by atoms with van der Waals surface area (Å²) in [4.78, 5) is 46.4. The Hall–Kier alpha value is -9.30. The molecule has 20 heteroatoms. The van der Waals surface area contributed by atoms with Crippen molar-refractivity contribution in [1.82, 2.24) is 64.6 Å². The molecule has 0 atom stereocenters. The minimum atomic E-state index is 0.0681. The molecule has 19 nitrogen and oxygen atoms in total. The van der Waals surface area contributed by atoms with E-state index in [9.17, 15) is 5.11 Å². The van der Waals surface area contributed by atoms with E-state index in [-0.39, 0.29) is 5.75 Å². The maximum Gasteiger partial charge on any atom is 0.247 e. The summed E-state index contributed by atoms with van der Waals surface area (Å²) in [7, 11) is 1.89.